The molecular weight excluding hydrogens is 462 g/mol. The quantitative estimate of drug-likeness (QED) is 0.393. The fourth-order valence-corrected chi connectivity index (χ4v) is 4.54. The maximum atomic E-state index is 11.2. The van der Waals surface area contributed by atoms with Crippen LogP contribution in [0.15, 0.2) is 43.0 Å². The molecule has 4 aromatic heterocycles. The number of carboxylic acids is 1. The van der Waals surface area contributed by atoms with E-state index in [1.165, 1.54) is 6.33 Å². The molecule has 12 nitrogen and oxygen atoms in total. The van der Waals surface area contributed by atoms with Crippen LogP contribution in [0.3, 0.4) is 0 Å². The predicted octanol–water partition coefficient (Wildman–Crippen LogP) is 2.43. The van der Waals surface area contributed by atoms with Crippen LogP contribution in [0.4, 0.5) is 5.69 Å². The van der Waals surface area contributed by atoms with Gasteiger partial charge in [0.2, 0.25) is 5.88 Å². The van der Waals surface area contributed by atoms with Crippen molar-refractivity contribution in [3.05, 3.63) is 54.4 Å². The van der Waals surface area contributed by atoms with Crippen LogP contribution in [-0.2, 0) is 18.4 Å². The zero-order valence-corrected chi connectivity index (χ0v) is 20.2. The number of ether oxygens (including phenoxy) is 1. The van der Waals surface area contributed by atoms with Gasteiger partial charge in [-0.3, -0.25) is 4.79 Å². The molecule has 4 aromatic rings. The first-order valence-electron chi connectivity index (χ1n) is 11.8. The van der Waals surface area contributed by atoms with Gasteiger partial charge in [0.15, 0.2) is 5.82 Å². The number of rotatable bonds is 8. The lowest BCUT2D eigenvalue weighted by Crippen LogP contribution is -2.36. The molecule has 1 aliphatic rings. The third-order valence-electron chi connectivity index (χ3n) is 6.29. The molecule has 12 heteroatoms. The second-order valence-electron chi connectivity index (χ2n) is 8.82. The van der Waals surface area contributed by atoms with E-state index in [0.717, 1.165) is 43.0 Å². The van der Waals surface area contributed by atoms with E-state index in [9.17, 15) is 9.90 Å². The molecule has 0 bridgehead atoms. The van der Waals surface area contributed by atoms with Crippen molar-refractivity contribution >= 4 is 11.7 Å². The molecule has 36 heavy (non-hydrogen) atoms. The summed E-state index contributed by atoms with van der Waals surface area (Å²) in [5.41, 5.74) is 3.97. The Morgan fingerprint density at radius 1 is 1.28 bits per heavy atom. The zero-order chi connectivity index (χ0) is 25.1. The number of anilines is 1. The van der Waals surface area contributed by atoms with Gasteiger partial charge in [0.1, 0.15) is 24.3 Å². The molecule has 0 amide bonds. The first kappa shape index (κ1) is 23.4. The summed E-state index contributed by atoms with van der Waals surface area (Å²) in [5.74, 6) is 0.409. The highest BCUT2D eigenvalue weighted by atomic mass is 16.5. The molecule has 1 N–H and O–H groups in total. The van der Waals surface area contributed by atoms with Crippen LogP contribution in [0.25, 0.3) is 17.2 Å². The standard InChI is InChI=1S/C24H27N9O3/c1-16-19(32-9-3-5-17(13-32)11-23(34)35)7-6-18(28-16)24-20(31(2)30-29-24)14-36-22-12-21(25-15-26-22)33-10-4-8-27-33/h4,6-8,10,12,15,17H,3,5,9,11,13-14H2,1-2H3,(H,34,35)/t17-/m1/s1. The van der Waals surface area contributed by atoms with Crippen LogP contribution in [0, 0.1) is 12.8 Å². The number of piperidine rings is 1. The van der Waals surface area contributed by atoms with E-state index in [1.54, 1.807) is 27.8 Å². The maximum Gasteiger partial charge on any atom is 0.303 e. The number of aryl methyl sites for hydroxylation is 2. The number of carbonyl (C=O) groups is 1. The van der Waals surface area contributed by atoms with E-state index in [0.29, 0.717) is 23.1 Å². The van der Waals surface area contributed by atoms with Crippen molar-refractivity contribution in [2.75, 3.05) is 18.0 Å². The Labute approximate surface area is 207 Å². The van der Waals surface area contributed by atoms with E-state index in [1.807, 2.05) is 32.2 Å². The van der Waals surface area contributed by atoms with Crippen molar-refractivity contribution in [2.24, 2.45) is 13.0 Å². The minimum absolute atomic E-state index is 0.148. The third kappa shape index (κ3) is 5.02. The van der Waals surface area contributed by atoms with Gasteiger partial charge in [-0.25, -0.2) is 24.3 Å². The summed E-state index contributed by atoms with van der Waals surface area (Å²) >= 11 is 0. The molecule has 1 atom stereocenters. The molecule has 0 unspecified atom stereocenters. The number of pyridine rings is 1. The van der Waals surface area contributed by atoms with Crippen molar-refractivity contribution in [2.45, 2.75) is 32.8 Å². The minimum atomic E-state index is -0.746. The number of hydrogen-bond donors (Lipinski definition) is 1. The second kappa shape index (κ2) is 10.1. The van der Waals surface area contributed by atoms with Gasteiger partial charge in [0.05, 0.1) is 17.1 Å². The van der Waals surface area contributed by atoms with Gasteiger partial charge in [0, 0.05) is 45.0 Å². The normalized spacial score (nSPS) is 15.7. The Balaban J connectivity index is 1.33. The predicted molar refractivity (Wildman–Crippen MR) is 130 cm³/mol. The van der Waals surface area contributed by atoms with E-state index < -0.39 is 5.97 Å². The summed E-state index contributed by atoms with van der Waals surface area (Å²) in [6.07, 6.45) is 7.00. The van der Waals surface area contributed by atoms with Crippen LogP contribution < -0.4 is 9.64 Å². The van der Waals surface area contributed by atoms with Gasteiger partial charge in [-0.2, -0.15) is 5.10 Å². The zero-order valence-electron chi connectivity index (χ0n) is 20.2. The van der Waals surface area contributed by atoms with Gasteiger partial charge in [0.25, 0.3) is 0 Å². The Kier molecular flexibility index (Phi) is 6.56. The Hall–Kier alpha value is -4.35. The molecule has 0 radical (unpaired) electrons. The van der Waals surface area contributed by atoms with Crippen molar-refractivity contribution < 1.29 is 14.6 Å². The van der Waals surface area contributed by atoms with Gasteiger partial charge < -0.3 is 14.7 Å². The van der Waals surface area contributed by atoms with E-state index in [4.69, 9.17) is 9.72 Å². The van der Waals surface area contributed by atoms with Crippen LogP contribution in [0.1, 0.15) is 30.7 Å². The second-order valence-corrected chi connectivity index (χ2v) is 8.82. The van der Waals surface area contributed by atoms with Gasteiger partial charge in [-0.05, 0) is 43.9 Å². The highest BCUT2D eigenvalue weighted by Gasteiger charge is 2.24. The summed E-state index contributed by atoms with van der Waals surface area (Å²) in [7, 11) is 1.81. The lowest BCUT2D eigenvalue weighted by molar-refractivity contribution is -0.138. The molecule has 0 aliphatic carbocycles. The summed E-state index contributed by atoms with van der Waals surface area (Å²) in [4.78, 5) is 26.6. The highest BCUT2D eigenvalue weighted by molar-refractivity contribution is 5.67. The van der Waals surface area contributed by atoms with Crippen molar-refractivity contribution in [1.29, 1.82) is 0 Å². The lowest BCUT2D eigenvalue weighted by Gasteiger charge is -2.34. The van der Waals surface area contributed by atoms with Crippen LogP contribution in [-0.4, -0.2) is 63.9 Å². The Morgan fingerprint density at radius 2 is 2.17 bits per heavy atom. The molecule has 0 spiro atoms. The molecule has 186 valence electrons. The molecule has 1 saturated heterocycles. The van der Waals surface area contributed by atoms with Gasteiger partial charge >= 0.3 is 5.97 Å². The first-order chi connectivity index (χ1) is 17.5. The average Bonchev–Trinajstić information content (AvgIpc) is 3.53. The SMILES string of the molecule is Cc1nc(-c2nnn(C)c2COc2cc(-n3cccn3)ncn2)ccc1N1CCC[C@H](CC(=O)O)C1. The fraction of sp³-hybridized carbons (Fsp3) is 0.375. The molecular formula is C24H27N9O3. The Bertz CT molecular complexity index is 1350. The monoisotopic (exact) mass is 489 g/mol. The van der Waals surface area contributed by atoms with Crippen molar-refractivity contribution in [3.8, 4) is 23.1 Å². The topological polar surface area (TPSA) is 137 Å². The van der Waals surface area contributed by atoms with E-state index in [2.05, 4.69) is 30.3 Å². The van der Waals surface area contributed by atoms with Crippen LogP contribution in [0.5, 0.6) is 5.88 Å². The summed E-state index contributed by atoms with van der Waals surface area (Å²) in [5, 5.41) is 21.9. The van der Waals surface area contributed by atoms with Crippen LogP contribution >= 0.6 is 0 Å². The molecule has 1 fully saturated rings. The number of hydrogen-bond acceptors (Lipinski definition) is 9. The first-order valence-corrected chi connectivity index (χ1v) is 11.8. The molecule has 0 aromatic carbocycles. The number of aromatic nitrogens is 8. The molecule has 1 aliphatic heterocycles. The summed E-state index contributed by atoms with van der Waals surface area (Å²) < 4.78 is 9.24. The average molecular weight is 490 g/mol. The maximum absolute atomic E-state index is 11.2. The van der Waals surface area contributed by atoms with E-state index in [-0.39, 0.29) is 18.9 Å². The summed E-state index contributed by atoms with van der Waals surface area (Å²) in [6.45, 7) is 3.77. The number of nitrogens with zero attached hydrogens (tertiary/aromatic N) is 9. The summed E-state index contributed by atoms with van der Waals surface area (Å²) in [6, 6.07) is 7.48. The Morgan fingerprint density at radius 3 is 2.94 bits per heavy atom. The highest BCUT2D eigenvalue weighted by Crippen LogP contribution is 2.29. The van der Waals surface area contributed by atoms with Crippen molar-refractivity contribution in [1.82, 2.24) is 39.7 Å². The van der Waals surface area contributed by atoms with Crippen LogP contribution in [0.2, 0.25) is 0 Å². The lowest BCUT2D eigenvalue weighted by atomic mass is 9.94. The van der Waals surface area contributed by atoms with Crippen molar-refractivity contribution in [3.63, 3.8) is 0 Å². The largest absolute Gasteiger partial charge is 0.481 e. The number of aliphatic carboxylic acids is 1. The number of carboxylic acid groups (broad SMARTS) is 1. The molecule has 0 saturated carbocycles. The van der Waals surface area contributed by atoms with Gasteiger partial charge in [-0.1, -0.05) is 5.21 Å². The molecule has 5 heterocycles. The van der Waals surface area contributed by atoms with Gasteiger partial charge in [-0.15, -0.1) is 5.10 Å². The minimum Gasteiger partial charge on any atom is -0.481 e. The molecule has 5 rings (SSSR count). The fourth-order valence-electron chi connectivity index (χ4n) is 4.54. The smallest absolute Gasteiger partial charge is 0.303 e. The third-order valence-corrected chi connectivity index (χ3v) is 6.29. The van der Waals surface area contributed by atoms with E-state index >= 15 is 0 Å².